The predicted molar refractivity (Wildman–Crippen MR) is 83.4 cm³/mol. The number of benzene rings is 1. The summed E-state index contributed by atoms with van der Waals surface area (Å²) in [6, 6.07) is 4.10. The van der Waals surface area contributed by atoms with E-state index < -0.39 is 0 Å². The van der Waals surface area contributed by atoms with Crippen LogP contribution in [0.3, 0.4) is 0 Å². The summed E-state index contributed by atoms with van der Waals surface area (Å²) >= 11 is 7.08. The maximum atomic E-state index is 10.5. The van der Waals surface area contributed by atoms with E-state index in [1.165, 1.54) is 44.1 Å². The van der Waals surface area contributed by atoms with Crippen LogP contribution in [-0.4, -0.2) is 5.11 Å². The van der Waals surface area contributed by atoms with E-state index in [0.29, 0.717) is 5.75 Å². The minimum Gasteiger partial charge on any atom is -0.506 e. The van der Waals surface area contributed by atoms with Crippen molar-refractivity contribution in [3.8, 4) is 5.75 Å². The van der Waals surface area contributed by atoms with Gasteiger partial charge in [-0.15, -0.1) is 0 Å². The van der Waals surface area contributed by atoms with Crippen molar-refractivity contribution in [3.05, 3.63) is 26.6 Å². The molecule has 4 bridgehead atoms. The molecule has 3 heteroatoms. The number of aromatic hydroxyl groups is 1. The Balaban J connectivity index is 1.84. The van der Waals surface area contributed by atoms with Gasteiger partial charge >= 0.3 is 0 Å². The quantitative estimate of drug-likeness (QED) is 0.687. The largest absolute Gasteiger partial charge is 0.506 e. The number of phenolic OH excluding ortho intramolecular Hbond substituents is 1. The topological polar surface area (TPSA) is 20.2 Å². The van der Waals surface area contributed by atoms with Crippen LogP contribution in [-0.2, 0) is 5.41 Å². The minimum atomic E-state index is 0.255. The first-order valence-corrected chi connectivity index (χ1v) is 8.83. The van der Waals surface area contributed by atoms with E-state index in [1.807, 2.05) is 6.07 Å². The van der Waals surface area contributed by atoms with Gasteiger partial charge in [-0.3, -0.25) is 0 Å². The van der Waals surface area contributed by atoms with Crippen molar-refractivity contribution < 1.29 is 5.11 Å². The highest BCUT2D eigenvalue weighted by molar-refractivity contribution is 9.11. The Bertz CT molecular complexity index is 503. The lowest BCUT2D eigenvalue weighted by molar-refractivity contribution is -0.00620. The first kappa shape index (κ1) is 12.7. The third-order valence-electron chi connectivity index (χ3n) is 5.64. The molecule has 1 N–H and O–H groups in total. The zero-order chi connectivity index (χ0) is 13.2. The molecule has 1 aromatic rings. The van der Waals surface area contributed by atoms with E-state index in [4.69, 9.17) is 0 Å². The number of hydrogen-bond donors (Lipinski definition) is 1. The van der Waals surface area contributed by atoms with Gasteiger partial charge in [-0.2, -0.15) is 0 Å². The summed E-state index contributed by atoms with van der Waals surface area (Å²) in [7, 11) is 0. The molecule has 0 saturated heterocycles. The molecule has 0 radical (unpaired) electrons. The Labute approximate surface area is 131 Å². The molecule has 4 fully saturated rings. The molecule has 0 atom stereocenters. The normalized spacial score (nSPS) is 39.8. The predicted octanol–water partition coefficient (Wildman–Crippen LogP) is 5.39. The lowest BCUT2D eigenvalue weighted by Gasteiger charge is -2.57. The van der Waals surface area contributed by atoms with Crippen LogP contribution >= 0.6 is 31.9 Å². The van der Waals surface area contributed by atoms with Crippen LogP contribution < -0.4 is 0 Å². The van der Waals surface area contributed by atoms with Crippen LogP contribution in [0.4, 0.5) is 0 Å². The average Bonchev–Trinajstić information content (AvgIpc) is 2.32. The third-order valence-corrected chi connectivity index (χ3v) is 6.70. The first-order valence-electron chi connectivity index (χ1n) is 7.24. The fraction of sp³-hybridized carbons (Fsp3) is 0.625. The molecule has 19 heavy (non-hydrogen) atoms. The van der Waals surface area contributed by atoms with Gasteiger partial charge in [0.05, 0.1) is 4.47 Å². The zero-order valence-electron chi connectivity index (χ0n) is 10.8. The Kier molecular flexibility index (Phi) is 2.83. The monoisotopic (exact) mass is 384 g/mol. The molecule has 4 aliphatic carbocycles. The van der Waals surface area contributed by atoms with Crippen molar-refractivity contribution >= 4 is 31.9 Å². The summed E-state index contributed by atoms with van der Waals surface area (Å²) in [5.41, 5.74) is 1.44. The van der Waals surface area contributed by atoms with Crippen molar-refractivity contribution in [1.82, 2.24) is 0 Å². The fourth-order valence-electron chi connectivity index (χ4n) is 5.41. The summed E-state index contributed by atoms with van der Waals surface area (Å²) < 4.78 is 1.90. The maximum Gasteiger partial charge on any atom is 0.133 e. The van der Waals surface area contributed by atoms with Crippen LogP contribution in [0.25, 0.3) is 0 Å². The molecular formula is C16H18Br2O. The van der Waals surface area contributed by atoms with Gasteiger partial charge in [0.2, 0.25) is 0 Å². The van der Waals surface area contributed by atoms with Crippen molar-refractivity contribution in [1.29, 1.82) is 0 Å². The number of rotatable bonds is 1. The van der Waals surface area contributed by atoms with Gasteiger partial charge in [0, 0.05) is 10.0 Å². The molecule has 0 amide bonds. The Morgan fingerprint density at radius 3 is 2.00 bits per heavy atom. The lowest BCUT2D eigenvalue weighted by Crippen LogP contribution is -2.48. The summed E-state index contributed by atoms with van der Waals surface area (Å²) in [6.45, 7) is 0. The van der Waals surface area contributed by atoms with Gasteiger partial charge in [0.15, 0.2) is 0 Å². The Morgan fingerprint density at radius 2 is 1.47 bits per heavy atom. The van der Waals surface area contributed by atoms with Crippen LogP contribution in [0.1, 0.15) is 44.1 Å². The average molecular weight is 386 g/mol. The van der Waals surface area contributed by atoms with Crippen LogP contribution in [0.15, 0.2) is 21.1 Å². The minimum absolute atomic E-state index is 0.255. The summed E-state index contributed by atoms with van der Waals surface area (Å²) in [5.74, 6) is 3.19. The molecule has 102 valence electrons. The van der Waals surface area contributed by atoms with E-state index in [9.17, 15) is 5.11 Å². The summed E-state index contributed by atoms with van der Waals surface area (Å²) in [5, 5.41) is 10.5. The van der Waals surface area contributed by atoms with E-state index in [1.54, 1.807) is 0 Å². The third kappa shape index (κ3) is 1.91. The second kappa shape index (κ2) is 4.24. The zero-order valence-corrected chi connectivity index (χ0v) is 14.0. The molecule has 0 aliphatic heterocycles. The standard InChI is InChI=1S/C16H18Br2O/c17-12-4-13(15(19)14(18)5-12)16-6-9-1-10(7-16)3-11(2-9)8-16/h4-5,9-11,19H,1-3,6-8H2. The summed E-state index contributed by atoms with van der Waals surface area (Å²) in [4.78, 5) is 0. The lowest BCUT2D eigenvalue weighted by atomic mass is 9.48. The van der Waals surface area contributed by atoms with Crippen molar-refractivity contribution in [2.75, 3.05) is 0 Å². The molecule has 4 saturated carbocycles. The smallest absolute Gasteiger partial charge is 0.133 e. The molecule has 4 aliphatic rings. The van der Waals surface area contributed by atoms with Crippen molar-refractivity contribution in [2.45, 2.75) is 43.9 Å². The molecule has 1 nitrogen and oxygen atoms in total. The molecule has 0 unspecified atom stereocenters. The van der Waals surface area contributed by atoms with E-state index in [-0.39, 0.29) is 5.41 Å². The molecular weight excluding hydrogens is 368 g/mol. The van der Waals surface area contributed by atoms with Crippen LogP contribution in [0.2, 0.25) is 0 Å². The molecule has 0 heterocycles. The molecule has 0 aromatic heterocycles. The van der Waals surface area contributed by atoms with Gasteiger partial charge in [-0.25, -0.2) is 0 Å². The second-order valence-electron chi connectivity index (χ2n) is 6.98. The van der Waals surface area contributed by atoms with Gasteiger partial charge < -0.3 is 5.11 Å². The summed E-state index contributed by atoms with van der Waals surface area (Å²) in [6.07, 6.45) is 8.18. The number of halogens is 2. The highest BCUT2D eigenvalue weighted by atomic mass is 79.9. The van der Waals surface area contributed by atoms with Crippen LogP contribution in [0, 0.1) is 17.8 Å². The fourth-order valence-corrected chi connectivity index (χ4v) is 6.64. The number of hydrogen-bond acceptors (Lipinski definition) is 1. The Hall–Kier alpha value is -0.0200. The highest BCUT2D eigenvalue weighted by Crippen LogP contribution is 2.62. The van der Waals surface area contributed by atoms with Crippen LogP contribution in [0.5, 0.6) is 5.75 Å². The molecule has 0 spiro atoms. The number of phenols is 1. The second-order valence-corrected chi connectivity index (χ2v) is 8.75. The van der Waals surface area contributed by atoms with Gasteiger partial charge in [-0.05, 0) is 89.8 Å². The van der Waals surface area contributed by atoms with Gasteiger partial charge in [0.1, 0.15) is 5.75 Å². The van der Waals surface area contributed by atoms with E-state index in [0.717, 1.165) is 26.7 Å². The Morgan fingerprint density at radius 1 is 0.947 bits per heavy atom. The van der Waals surface area contributed by atoms with E-state index in [2.05, 4.69) is 37.9 Å². The van der Waals surface area contributed by atoms with Crippen molar-refractivity contribution in [3.63, 3.8) is 0 Å². The first-order chi connectivity index (χ1) is 9.06. The van der Waals surface area contributed by atoms with Gasteiger partial charge in [0.25, 0.3) is 0 Å². The van der Waals surface area contributed by atoms with Gasteiger partial charge in [-0.1, -0.05) is 15.9 Å². The van der Waals surface area contributed by atoms with E-state index >= 15 is 0 Å². The highest BCUT2D eigenvalue weighted by Gasteiger charge is 2.52. The molecule has 5 rings (SSSR count). The van der Waals surface area contributed by atoms with Crippen molar-refractivity contribution in [2.24, 2.45) is 17.8 Å². The molecule has 1 aromatic carbocycles. The maximum absolute atomic E-state index is 10.5. The SMILES string of the molecule is Oc1c(Br)cc(Br)cc1C12CC3CC(CC(C3)C1)C2.